The fraction of sp³-hybridized carbons (Fsp3) is 0.286. The molecule has 0 N–H and O–H groups in total. The van der Waals surface area contributed by atoms with Gasteiger partial charge in [0.05, 0.1) is 11.9 Å². The second kappa shape index (κ2) is 4.17. The third-order valence-electron chi connectivity index (χ3n) is 2.76. The number of para-hydroxylation sites is 1. The summed E-state index contributed by atoms with van der Waals surface area (Å²) in [7, 11) is 0. The minimum Gasteiger partial charge on any atom is -0.298 e. The number of aromatic nitrogens is 2. The van der Waals surface area contributed by atoms with Crippen molar-refractivity contribution in [3.8, 4) is 5.69 Å². The fourth-order valence-corrected chi connectivity index (χ4v) is 1.64. The van der Waals surface area contributed by atoms with Crippen LogP contribution in [0.1, 0.15) is 36.7 Å². The number of nitrogens with zero attached hydrogens (tertiary/aromatic N) is 2. The Labute approximate surface area is 101 Å². The summed E-state index contributed by atoms with van der Waals surface area (Å²) < 4.78 is 1.75. The summed E-state index contributed by atoms with van der Waals surface area (Å²) in [5.74, 6) is 0. The van der Waals surface area contributed by atoms with Crippen LogP contribution in [0.4, 0.5) is 0 Å². The first kappa shape index (κ1) is 11.6. The predicted molar refractivity (Wildman–Crippen MR) is 67.7 cm³/mol. The third kappa shape index (κ3) is 2.28. The van der Waals surface area contributed by atoms with E-state index in [2.05, 4.69) is 25.9 Å². The van der Waals surface area contributed by atoms with Gasteiger partial charge in [-0.2, -0.15) is 5.10 Å². The Morgan fingerprint density at radius 1 is 1.24 bits per heavy atom. The van der Waals surface area contributed by atoms with Gasteiger partial charge in [0, 0.05) is 11.8 Å². The van der Waals surface area contributed by atoms with Crippen molar-refractivity contribution < 1.29 is 4.79 Å². The molecule has 0 saturated heterocycles. The maximum Gasteiger partial charge on any atom is 0.152 e. The van der Waals surface area contributed by atoms with Gasteiger partial charge >= 0.3 is 0 Å². The first-order valence-corrected chi connectivity index (χ1v) is 5.62. The lowest BCUT2D eigenvalue weighted by Crippen LogP contribution is -2.09. The van der Waals surface area contributed by atoms with Crippen molar-refractivity contribution >= 4 is 6.29 Å². The molecule has 2 aromatic rings. The van der Waals surface area contributed by atoms with Gasteiger partial charge in [0.15, 0.2) is 6.29 Å². The van der Waals surface area contributed by atoms with E-state index in [0.717, 1.165) is 17.5 Å². The summed E-state index contributed by atoms with van der Waals surface area (Å²) in [6, 6.07) is 7.44. The molecule has 0 saturated carbocycles. The van der Waals surface area contributed by atoms with E-state index >= 15 is 0 Å². The van der Waals surface area contributed by atoms with Gasteiger partial charge in [-0.05, 0) is 23.1 Å². The van der Waals surface area contributed by atoms with Gasteiger partial charge in [-0.1, -0.05) is 32.9 Å². The molecule has 1 heterocycles. The van der Waals surface area contributed by atoms with Crippen molar-refractivity contribution in [2.45, 2.75) is 26.2 Å². The van der Waals surface area contributed by atoms with E-state index in [0.29, 0.717) is 5.56 Å². The summed E-state index contributed by atoms with van der Waals surface area (Å²) in [5.41, 5.74) is 2.68. The quantitative estimate of drug-likeness (QED) is 0.741. The van der Waals surface area contributed by atoms with Gasteiger partial charge in [-0.25, -0.2) is 4.68 Å². The first-order valence-electron chi connectivity index (χ1n) is 5.62. The molecular weight excluding hydrogens is 212 g/mol. The van der Waals surface area contributed by atoms with Gasteiger partial charge in [0.25, 0.3) is 0 Å². The van der Waals surface area contributed by atoms with Crippen molar-refractivity contribution in [3.05, 3.63) is 47.8 Å². The van der Waals surface area contributed by atoms with E-state index < -0.39 is 0 Å². The molecule has 0 fully saturated rings. The van der Waals surface area contributed by atoms with Crippen LogP contribution in [-0.2, 0) is 5.41 Å². The van der Waals surface area contributed by atoms with Crippen molar-refractivity contribution in [1.82, 2.24) is 9.78 Å². The van der Waals surface area contributed by atoms with Crippen LogP contribution in [0.15, 0.2) is 36.7 Å². The maximum absolute atomic E-state index is 11.0. The lowest BCUT2D eigenvalue weighted by atomic mass is 9.90. The second-order valence-corrected chi connectivity index (χ2v) is 5.10. The second-order valence-electron chi connectivity index (χ2n) is 5.10. The molecule has 0 radical (unpaired) electrons. The normalized spacial score (nSPS) is 11.5. The molecule has 1 aromatic carbocycles. The van der Waals surface area contributed by atoms with Crippen LogP contribution in [0.5, 0.6) is 0 Å². The predicted octanol–water partition coefficient (Wildman–Crippen LogP) is 2.98. The zero-order valence-electron chi connectivity index (χ0n) is 10.3. The topological polar surface area (TPSA) is 34.9 Å². The standard InChI is InChI=1S/C14H16N2O/c1-14(2,3)12-8-15-16(9-12)13-7-5-4-6-11(13)10-17/h4-10H,1-3H3. The maximum atomic E-state index is 11.0. The number of carbonyl (C=O) groups is 1. The highest BCUT2D eigenvalue weighted by Crippen LogP contribution is 2.22. The largest absolute Gasteiger partial charge is 0.298 e. The number of benzene rings is 1. The zero-order valence-corrected chi connectivity index (χ0v) is 10.3. The SMILES string of the molecule is CC(C)(C)c1cnn(-c2ccccc2C=O)c1. The molecule has 0 bridgehead atoms. The highest BCUT2D eigenvalue weighted by Gasteiger charge is 2.16. The number of hydrogen-bond donors (Lipinski definition) is 0. The van der Waals surface area contributed by atoms with Crippen molar-refractivity contribution in [3.63, 3.8) is 0 Å². The van der Waals surface area contributed by atoms with Crippen molar-refractivity contribution in [2.24, 2.45) is 0 Å². The number of rotatable bonds is 2. The molecule has 0 spiro atoms. The van der Waals surface area contributed by atoms with Gasteiger partial charge in [-0.3, -0.25) is 4.79 Å². The van der Waals surface area contributed by atoms with Gasteiger partial charge < -0.3 is 0 Å². The van der Waals surface area contributed by atoms with Crippen molar-refractivity contribution in [2.75, 3.05) is 0 Å². The highest BCUT2D eigenvalue weighted by atomic mass is 16.1. The van der Waals surface area contributed by atoms with Gasteiger partial charge in [0.2, 0.25) is 0 Å². The lowest BCUT2D eigenvalue weighted by Gasteiger charge is -2.15. The average Bonchev–Trinajstić information content (AvgIpc) is 2.77. The summed E-state index contributed by atoms with van der Waals surface area (Å²) >= 11 is 0. The Morgan fingerprint density at radius 3 is 2.53 bits per heavy atom. The Morgan fingerprint density at radius 2 is 1.94 bits per heavy atom. The molecule has 0 amide bonds. The summed E-state index contributed by atoms with van der Waals surface area (Å²) in [6.45, 7) is 6.42. The van der Waals surface area contributed by atoms with Crippen LogP contribution < -0.4 is 0 Å². The molecule has 3 heteroatoms. The smallest absolute Gasteiger partial charge is 0.152 e. The van der Waals surface area contributed by atoms with Crippen molar-refractivity contribution in [1.29, 1.82) is 0 Å². The number of carbonyl (C=O) groups excluding carboxylic acids is 1. The van der Waals surface area contributed by atoms with E-state index in [1.807, 2.05) is 30.6 Å². The van der Waals surface area contributed by atoms with Gasteiger partial charge in [0.1, 0.15) is 0 Å². The molecule has 88 valence electrons. The zero-order chi connectivity index (χ0) is 12.5. The fourth-order valence-electron chi connectivity index (χ4n) is 1.64. The molecular formula is C14H16N2O. The van der Waals surface area contributed by atoms with Crippen LogP contribution in [0, 0.1) is 0 Å². The van der Waals surface area contributed by atoms with E-state index in [4.69, 9.17) is 0 Å². The number of aldehydes is 1. The molecule has 3 nitrogen and oxygen atoms in total. The van der Waals surface area contributed by atoms with E-state index in [9.17, 15) is 4.79 Å². The monoisotopic (exact) mass is 228 g/mol. The lowest BCUT2D eigenvalue weighted by molar-refractivity contribution is 0.112. The van der Waals surface area contributed by atoms with Gasteiger partial charge in [-0.15, -0.1) is 0 Å². The van der Waals surface area contributed by atoms with Crippen LogP contribution in [0.3, 0.4) is 0 Å². The number of hydrogen-bond acceptors (Lipinski definition) is 2. The average molecular weight is 228 g/mol. The molecule has 1 aromatic heterocycles. The minimum atomic E-state index is 0.0639. The summed E-state index contributed by atoms with van der Waals surface area (Å²) in [5, 5.41) is 4.32. The first-order chi connectivity index (χ1) is 8.02. The van der Waals surface area contributed by atoms with Crippen LogP contribution in [0.2, 0.25) is 0 Å². The Hall–Kier alpha value is -1.90. The minimum absolute atomic E-state index is 0.0639. The van der Waals surface area contributed by atoms with E-state index in [1.54, 1.807) is 10.7 Å². The molecule has 0 aliphatic rings. The molecule has 0 aliphatic carbocycles. The molecule has 0 unspecified atom stereocenters. The van der Waals surface area contributed by atoms with Crippen LogP contribution >= 0.6 is 0 Å². The molecule has 17 heavy (non-hydrogen) atoms. The van der Waals surface area contributed by atoms with E-state index in [-0.39, 0.29) is 5.41 Å². The summed E-state index contributed by atoms with van der Waals surface area (Å²) in [6.07, 6.45) is 4.68. The third-order valence-corrected chi connectivity index (χ3v) is 2.76. The summed E-state index contributed by atoms with van der Waals surface area (Å²) in [4.78, 5) is 11.0. The highest BCUT2D eigenvalue weighted by molar-refractivity contribution is 5.80. The Balaban J connectivity index is 2.47. The molecule has 0 aliphatic heterocycles. The molecule has 0 atom stereocenters. The van der Waals surface area contributed by atoms with Crippen LogP contribution in [-0.4, -0.2) is 16.1 Å². The van der Waals surface area contributed by atoms with E-state index in [1.165, 1.54) is 0 Å². The Bertz CT molecular complexity index is 535. The molecule has 2 rings (SSSR count). The Kier molecular flexibility index (Phi) is 2.84. The van der Waals surface area contributed by atoms with Crippen LogP contribution in [0.25, 0.3) is 5.69 Å².